The second-order valence-corrected chi connectivity index (χ2v) is 5.42. The lowest BCUT2D eigenvalue weighted by atomic mass is 10.0. The van der Waals surface area contributed by atoms with Crippen molar-refractivity contribution in [3.63, 3.8) is 0 Å². The van der Waals surface area contributed by atoms with Crippen LogP contribution < -0.4 is 5.73 Å². The van der Waals surface area contributed by atoms with Gasteiger partial charge in [-0.2, -0.15) is 0 Å². The highest BCUT2D eigenvalue weighted by Crippen LogP contribution is 2.12. The van der Waals surface area contributed by atoms with Gasteiger partial charge in [0.1, 0.15) is 0 Å². The molecule has 16 heavy (non-hydrogen) atoms. The van der Waals surface area contributed by atoms with Gasteiger partial charge in [0, 0.05) is 25.6 Å². The van der Waals surface area contributed by atoms with Crippen LogP contribution in [0, 0.1) is 11.8 Å². The number of nitrogens with two attached hydrogens (primary N) is 1. The Morgan fingerprint density at radius 3 is 2.19 bits per heavy atom. The number of amides is 1. The van der Waals surface area contributed by atoms with E-state index in [1.807, 2.05) is 25.8 Å². The van der Waals surface area contributed by atoms with Crippen molar-refractivity contribution in [3.05, 3.63) is 0 Å². The first-order valence-corrected chi connectivity index (χ1v) is 6.35. The zero-order valence-corrected chi connectivity index (χ0v) is 11.5. The molecule has 0 aromatic rings. The monoisotopic (exact) mass is 228 g/mol. The van der Waals surface area contributed by atoms with Crippen LogP contribution in [0.4, 0.5) is 0 Å². The zero-order chi connectivity index (χ0) is 12.7. The maximum Gasteiger partial charge on any atom is 0.225 e. The molecule has 0 aliphatic carbocycles. The van der Waals surface area contributed by atoms with Gasteiger partial charge in [0.2, 0.25) is 5.91 Å². The smallest absolute Gasteiger partial charge is 0.225 e. The van der Waals surface area contributed by atoms with Crippen molar-refractivity contribution in [3.8, 4) is 0 Å². The standard InChI is InChI=1S/C13H28N2O/c1-10(2)9-15(5)13(16)11(3)7-6-8-12(4)14/h10-12H,6-9,14H2,1-5H3. The normalized spacial score (nSPS) is 14.9. The molecule has 2 unspecified atom stereocenters. The van der Waals surface area contributed by atoms with Gasteiger partial charge in [0.15, 0.2) is 0 Å². The molecule has 0 saturated carbocycles. The molecule has 2 atom stereocenters. The van der Waals surface area contributed by atoms with E-state index in [2.05, 4.69) is 13.8 Å². The van der Waals surface area contributed by atoms with Crippen LogP contribution in [0.15, 0.2) is 0 Å². The van der Waals surface area contributed by atoms with Gasteiger partial charge in [-0.15, -0.1) is 0 Å². The SMILES string of the molecule is CC(C)CN(C)C(=O)C(C)CCCC(C)N. The third-order valence-electron chi connectivity index (χ3n) is 2.73. The minimum Gasteiger partial charge on any atom is -0.345 e. The zero-order valence-electron chi connectivity index (χ0n) is 11.5. The summed E-state index contributed by atoms with van der Waals surface area (Å²) in [7, 11) is 1.89. The molecule has 3 nitrogen and oxygen atoms in total. The quantitative estimate of drug-likeness (QED) is 0.726. The largest absolute Gasteiger partial charge is 0.345 e. The van der Waals surface area contributed by atoms with Crippen LogP contribution in [-0.4, -0.2) is 30.4 Å². The van der Waals surface area contributed by atoms with E-state index in [9.17, 15) is 4.79 Å². The molecule has 0 fully saturated rings. The maximum absolute atomic E-state index is 11.9. The first-order valence-electron chi connectivity index (χ1n) is 6.35. The molecular weight excluding hydrogens is 200 g/mol. The Hall–Kier alpha value is -0.570. The van der Waals surface area contributed by atoms with Gasteiger partial charge in [-0.1, -0.05) is 27.2 Å². The highest BCUT2D eigenvalue weighted by molar-refractivity contribution is 5.78. The Bertz CT molecular complexity index is 202. The Labute approximate surface area is 100 Å². The summed E-state index contributed by atoms with van der Waals surface area (Å²) in [5, 5.41) is 0. The third kappa shape index (κ3) is 6.83. The second kappa shape index (κ2) is 7.66. The van der Waals surface area contributed by atoms with Gasteiger partial charge in [-0.3, -0.25) is 4.79 Å². The predicted molar refractivity (Wildman–Crippen MR) is 69.1 cm³/mol. The molecule has 0 aromatic heterocycles. The molecule has 0 aliphatic heterocycles. The number of carbonyl (C=O) groups is 1. The Balaban J connectivity index is 3.88. The minimum absolute atomic E-state index is 0.127. The van der Waals surface area contributed by atoms with Crippen LogP contribution in [0.3, 0.4) is 0 Å². The van der Waals surface area contributed by atoms with Crippen molar-refractivity contribution in [2.24, 2.45) is 17.6 Å². The van der Waals surface area contributed by atoms with Crippen molar-refractivity contribution < 1.29 is 4.79 Å². The molecule has 0 aromatic carbocycles. The Kier molecular flexibility index (Phi) is 7.39. The molecule has 0 aliphatic rings. The summed E-state index contributed by atoms with van der Waals surface area (Å²) in [6.07, 6.45) is 2.99. The number of rotatable bonds is 7. The van der Waals surface area contributed by atoms with Gasteiger partial charge < -0.3 is 10.6 Å². The van der Waals surface area contributed by atoms with Crippen LogP contribution in [0.1, 0.15) is 47.0 Å². The summed E-state index contributed by atoms with van der Waals surface area (Å²) < 4.78 is 0. The van der Waals surface area contributed by atoms with E-state index in [-0.39, 0.29) is 17.9 Å². The van der Waals surface area contributed by atoms with E-state index in [4.69, 9.17) is 5.73 Å². The van der Waals surface area contributed by atoms with Crippen molar-refractivity contribution in [2.75, 3.05) is 13.6 Å². The van der Waals surface area contributed by atoms with E-state index in [1.165, 1.54) is 0 Å². The molecule has 96 valence electrons. The van der Waals surface area contributed by atoms with E-state index in [1.54, 1.807) is 0 Å². The first-order chi connectivity index (χ1) is 7.34. The summed E-state index contributed by atoms with van der Waals surface area (Å²) in [6.45, 7) is 9.13. The van der Waals surface area contributed by atoms with Gasteiger partial charge >= 0.3 is 0 Å². The fourth-order valence-electron chi connectivity index (χ4n) is 1.88. The average Bonchev–Trinajstić information content (AvgIpc) is 2.14. The van der Waals surface area contributed by atoms with E-state index < -0.39 is 0 Å². The lowest BCUT2D eigenvalue weighted by Crippen LogP contribution is -2.34. The molecule has 3 heteroatoms. The van der Waals surface area contributed by atoms with Crippen LogP contribution >= 0.6 is 0 Å². The van der Waals surface area contributed by atoms with Crippen LogP contribution in [0.5, 0.6) is 0 Å². The van der Waals surface area contributed by atoms with E-state index in [0.29, 0.717) is 5.92 Å². The van der Waals surface area contributed by atoms with E-state index >= 15 is 0 Å². The van der Waals surface area contributed by atoms with Crippen LogP contribution in [-0.2, 0) is 4.79 Å². The fraction of sp³-hybridized carbons (Fsp3) is 0.923. The third-order valence-corrected chi connectivity index (χ3v) is 2.73. The summed E-state index contributed by atoms with van der Waals surface area (Å²) in [6, 6.07) is 0.246. The van der Waals surface area contributed by atoms with Crippen LogP contribution in [0.25, 0.3) is 0 Å². The van der Waals surface area contributed by atoms with Gasteiger partial charge in [0.05, 0.1) is 0 Å². The predicted octanol–water partition coefficient (Wildman–Crippen LogP) is 2.25. The summed E-state index contributed by atoms with van der Waals surface area (Å²) >= 11 is 0. The molecule has 0 spiro atoms. The highest BCUT2D eigenvalue weighted by atomic mass is 16.2. The number of nitrogens with zero attached hydrogens (tertiary/aromatic N) is 1. The molecule has 0 saturated heterocycles. The summed E-state index contributed by atoms with van der Waals surface area (Å²) in [5.41, 5.74) is 5.69. The van der Waals surface area contributed by atoms with Crippen LogP contribution in [0.2, 0.25) is 0 Å². The summed E-state index contributed by atoms with van der Waals surface area (Å²) in [4.78, 5) is 13.8. The summed E-state index contributed by atoms with van der Waals surface area (Å²) in [5.74, 6) is 0.922. The number of carbonyl (C=O) groups excluding carboxylic acids is 1. The number of hydrogen-bond donors (Lipinski definition) is 1. The fourth-order valence-corrected chi connectivity index (χ4v) is 1.88. The molecule has 0 rings (SSSR count). The molecule has 0 radical (unpaired) electrons. The molecular formula is C13H28N2O. The lowest BCUT2D eigenvalue weighted by Gasteiger charge is -2.23. The number of hydrogen-bond acceptors (Lipinski definition) is 2. The molecule has 2 N–H and O–H groups in total. The minimum atomic E-state index is 0.127. The molecule has 0 heterocycles. The average molecular weight is 228 g/mol. The first kappa shape index (κ1) is 15.4. The lowest BCUT2D eigenvalue weighted by molar-refractivity contribution is -0.134. The van der Waals surface area contributed by atoms with Gasteiger partial charge in [0.25, 0.3) is 0 Å². The van der Waals surface area contributed by atoms with Crippen molar-refractivity contribution in [2.45, 2.75) is 53.0 Å². The Morgan fingerprint density at radius 1 is 1.19 bits per heavy atom. The van der Waals surface area contributed by atoms with Crippen molar-refractivity contribution in [1.82, 2.24) is 4.90 Å². The Morgan fingerprint density at radius 2 is 1.75 bits per heavy atom. The van der Waals surface area contributed by atoms with Gasteiger partial charge in [-0.05, 0) is 25.7 Å². The molecule has 0 bridgehead atoms. The second-order valence-electron chi connectivity index (χ2n) is 5.42. The maximum atomic E-state index is 11.9. The molecule has 1 amide bonds. The topological polar surface area (TPSA) is 46.3 Å². The highest BCUT2D eigenvalue weighted by Gasteiger charge is 2.17. The van der Waals surface area contributed by atoms with Crippen molar-refractivity contribution >= 4 is 5.91 Å². The van der Waals surface area contributed by atoms with Gasteiger partial charge in [-0.25, -0.2) is 0 Å². The van der Waals surface area contributed by atoms with E-state index in [0.717, 1.165) is 25.8 Å². The van der Waals surface area contributed by atoms with Crippen molar-refractivity contribution in [1.29, 1.82) is 0 Å².